The van der Waals surface area contributed by atoms with Crippen LogP contribution in [-0.2, 0) is 24.0 Å². The standard InChI is InChI=1S/C22H28ClFN4O5/c1-12(2)9-17(28-22(33)21(32)26-15-6-4-3-5-14(15)24)20(31)27-16(18(29)11-23)10-13-7-8-25-19(13)30/h3-6,12-13,16-17H,7-11H2,1-2H3,(H,25,30)(H,26,32)(H,27,31)(H,28,33)/t13-,16-,17-/m0/s1. The molecule has 0 spiro atoms. The number of Topliss-reactive ketones (excluding diaryl/α,β-unsaturated/α-hetero) is 1. The molecule has 4 N–H and O–H groups in total. The molecule has 0 aromatic heterocycles. The molecule has 1 heterocycles. The number of ketones is 1. The molecular weight excluding hydrogens is 455 g/mol. The highest BCUT2D eigenvalue weighted by Gasteiger charge is 2.33. The summed E-state index contributed by atoms with van der Waals surface area (Å²) in [5.74, 6) is -5.17. The first-order valence-corrected chi connectivity index (χ1v) is 11.2. The molecule has 4 amide bonds. The molecule has 1 aliphatic rings. The SMILES string of the molecule is CC(C)C[C@H](NC(=O)C(=O)Nc1ccccc1F)C(=O)N[C@@H](C[C@@H]1CCNC1=O)C(=O)CCl. The zero-order valence-corrected chi connectivity index (χ0v) is 19.2. The molecule has 0 radical (unpaired) electrons. The number of hydrogen-bond donors (Lipinski definition) is 4. The van der Waals surface area contributed by atoms with Crippen molar-refractivity contribution in [3.05, 3.63) is 30.1 Å². The number of hydrogen-bond acceptors (Lipinski definition) is 5. The van der Waals surface area contributed by atoms with Crippen molar-refractivity contribution in [1.82, 2.24) is 16.0 Å². The molecule has 0 bridgehead atoms. The summed E-state index contributed by atoms with van der Waals surface area (Å²) < 4.78 is 13.7. The van der Waals surface area contributed by atoms with Crippen molar-refractivity contribution in [2.75, 3.05) is 17.7 Å². The number of para-hydroxylation sites is 1. The summed E-state index contributed by atoms with van der Waals surface area (Å²) in [4.78, 5) is 61.7. The molecule has 1 saturated heterocycles. The molecule has 3 atom stereocenters. The Morgan fingerprint density at radius 1 is 1.12 bits per heavy atom. The second-order valence-electron chi connectivity index (χ2n) is 8.26. The Bertz CT molecular complexity index is 911. The molecule has 1 aromatic carbocycles. The number of benzene rings is 1. The van der Waals surface area contributed by atoms with E-state index in [0.29, 0.717) is 13.0 Å². The van der Waals surface area contributed by atoms with Gasteiger partial charge in [-0.1, -0.05) is 26.0 Å². The van der Waals surface area contributed by atoms with Gasteiger partial charge in [0.05, 0.1) is 17.6 Å². The average Bonchev–Trinajstić information content (AvgIpc) is 3.17. The van der Waals surface area contributed by atoms with Gasteiger partial charge in [0.2, 0.25) is 11.8 Å². The van der Waals surface area contributed by atoms with Crippen LogP contribution in [0.3, 0.4) is 0 Å². The summed E-state index contributed by atoms with van der Waals surface area (Å²) in [6.45, 7) is 4.12. The number of carbonyl (C=O) groups excluding carboxylic acids is 5. The minimum atomic E-state index is -1.14. The van der Waals surface area contributed by atoms with E-state index in [1.165, 1.54) is 18.2 Å². The van der Waals surface area contributed by atoms with Crippen LogP contribution in [-0.4, -0.2) is 53.9 Å². The Hall–Kier alpha value is -3.01. The Kier molecular flexibility index (Phi) is 9.77. The van der Waals surface area contributed by atoms with Crippen molar-refractivity contribution in [3.63, 3.8) is 0 Å². The molecular formula is C22H28ClFN4O5. The first-order valence-electron chi connectivity index (χ1n) is 10.7. The minimum Gasteiger partial charge on any atom is -0.356 e. The number of rotatable bonds is 10. The number of amides is 4. The third-order valence-electron chi connectivity index (χ3n) is 5.18. The fourth-order valence-corrected chi connectivity index (χ4v) is 3.65. The third kappa shape index (κ3) is 7.81. The van der Waals surface area contributed by atoms with E-state index in [-0.39, 0.29) is 36.2 Å². The van der Waals surface area contributed by atoms with E-state index in [4.69, 9.17) is 11.6 Å². The van der Waals surface area contributed by atoms with E-state index >= 15 is 0 Å². The summed E-state index contributed by atoms with van der Waals surface area (Å²) >= 11 is 5.68. The Morgan fingerprint density at radius 3 is 2.39 bits per heavy atom. The van der Waals surface area contributed by atoms with Gasteiger partial charge in [-0.05, 0) is 37.3 Å². The lowest BCUT2D eigenvalue weighted by Gasteiger charge is -2.24. The molecule has 1 aliphatic heterocycles. The van der Waals surface area contributed by atoms with Crippen LogP contribution in [0.5, 0.6) is 0 Å². The number of anilines is 1. The van der Waals surface area contributed by atoms with Gasteiger partial charge in [0.1, 0.15) is 11.9 Å². The third-order valence-corrected chi connectivity index (χ3v) is 5.44. The molecule has 9 nitrogen and oxygen atoms in total. The summed E-state index contributed by atoms with van der Waals surface area (Å²) in [6, 6.07) is 3.20. The van der Waals surface area contributed by atoms with Crippen LogP contribution in [0.2, 0.25) is 0 Å². The number of alkyl halides is 1. The van der Waals surface area contributed by atoms with E-state index < -0.39 is 47.3 Å². The van der Waals surface area contributed by atoms with Gasteiger partial charge in [-0.25, -0.2) is 4.39 Å². The van der Waals surface area contributed by atoms with Crippen LogP contribution < -0.4 is 21.3 Å². The molecule has 180 valence electrons. The van der Waals surface area contributed by atoms with Crippen LogP contribution in [0.1, 0.15) is 33.1 Å². The van der Waals surface area contributed by atoms with Crippen molar-refractivity contribution >= 4 is 46.7 Å². The first-order chi connectivity index (χ1) is 15.6. The highest BCUT2D eigenvalue weighted by molar-refractivity contribution is 6.40. The van der Waals surface area contributed by atoms with Gasteiger partial charge in [0.25, 0.3) is 0 Å². The largest absolute Gasteiger partial charge is 0.356 e. The van der Waals surface area contributed by atoms with Crippen molar-refractivity contribution in [2.24, 2.45) is 11.8 Å². The highest BCUT2D eigenvalue weighted by atomic mass is 35.5. The molecule has 11 heteroatoms. The highest BCUT2D eigenvalue weighted by Crippen LogP contribution is 2.18. The molecule has 0 saturated carbocycles. The van der Waals surface area contributed by atoms with E-state index in [9.17, 15) is 28.4 Å². The minimum absolute atomic E-state index is 0.0431. The van der Waals surface area contributed by atoms with Gasteiger partial charge in [0, 0.05) is 12.5 Å². The number of nitrogens with one attached hydrogen (secondary N) is 4. The van der Waals surface area contributed by atoms with E-state index in [1.807, 2.05) is 13.8 Å². The monoisotopic (exact) mass is 482 g/mol. The lowest BCUT2D eigenvalue weighted by molar-refractivity contribution is -0.138. The maximum absolute atomic E-state index is 13.7. The van der Waals surface area contributed by atoms with Gasteiger partial charge in [-0.15, -0.1) is 11.6 Å². The molecule has 1 fully saturated rings. The zero-order valence-electron chi connectivity index (χ0n) is 18.5. The first kappa shape index (κ1) is 26.2. The van der Waals surface area contributed by atoms with Crippen LogP contribution in [0.25, 0.3) is 0 Å². The molecule has 0 unspecified atom stereocenters. The smallest absolute Gasteiger partial charge is 0.313 e. The van der Waals surface area contributed by atoms with Crippen molar-refractivity contribution < 1.29 is 28.4 Å². The summed E-state index contributed by atoms with van der Waals surface area (Å²) in [7, 11) is 0. The van der Waals surface area contributed by atoms with Crippen LogP contribution >= 0.6 is 11.6 Å². The fourth-order valence-electron chi connectivity index (χ4n) is 3.46. The molecule has 0 aliphatic carbocycles. The van der Waals surface area contributed by atoms with Crippen molar-refractivity contribution in [1.29, 1.82) is 0 Å². The lowest BCUT2D eigenvalue weighted by Crippen LogP contribution is -2.54. The number of halogens is 2. The predicted octanol–water partition coefficient (Wildman–Crippen LogP) is 1.11. The van der Waals surface area contributed by atoms with E-state index in [0.717, 1.165) is 6.07 Å². The maximum atomic E-state index is 13.7. The van der Waals surface area contributed by atoms with Crippen molar-refractivity contribution in [2.45, 2.75) is 45.2 Å². The summed E-state index contributed by atoms with van der Waals surface area (Å²) in [6.07, 6.45) is 0.790. The van der Waals surface area contributed by atoms with Gasteiger partial charge in [0.15, 0.2) is 5.78 Å². The molecule has 33 heavy (non-hydrogen) atoms. The molecule has 2 rings (SSSR count). The van der Waals surface area contributed by atoms with E-state index in [1.54, 1.807) is 0 Å². The lowest BCUT2D eigenvalue weighted by atomic mass is 9.95. The Balaban J connectivity index is 2.07. The maximum Gasteiger partial charge on any atom is 0.313 e. The zero-order chi connectivity index (χ0) is 24.5. The second-order valence-corrected chi connectivity index (χ2v) is 8.53. The van der Waals surface area contributed by atoms with E-state index in [2.05, 4.69) is 21.3 Å². The van der Waals surface area contributed by atoms with Gasteiger partial charge >= 0.3 is 11.8 Å². The van der Waals surface area contributed by atoms with Gasteiger partial charge in [-0.2, -0.15) is 0 Å². The Morgan fingerprint density at radius 2 is 1.82 bits per heavy atom. The average molecular weight is 483 g/mol. The van der Waals surface area contributed by atoms with Crippen LogP contribution in [0, 0.1) is 17.7 Å². The second kappa shape index (κ2) is 12.3. The predicted molar refractivity (Wildman–Crippen MR) is 120 cm³/mol. The molecule has 1 aromatic rings. The Labute approximate surface area is 196 Å². The fraction of sp³-hybridized carbons (Fsp3) is 0.500. The van der Waals surface area contributed by atoms with Gasteiger partial charge < -0.3 is 21.3 Å². The van der Waals surface area contributed by atoms with Gasteiger partial charge in [-0.3, -0.25) is 24.0 Å². The van der Waals surface area contributed by atoms with Crippen LogP contribution in [0.15, 0.2) is 24.3 Å². The topological polar surface area (TPSA) is 133 Å². The summed E-state index contributed by atoms with van der Waals surface area (Å²) in [5.41, 5.74) is -0.176. The quantitative estimate of drug-likeness (QED) is 0.293. The number of carbonyl (C=O) groups is 5. The normalized spacial score (nSPS) is 17.1. The summed E-state index contributed by atoms with van der Waals surface area (Å²) in [5, 5.41) is 9.74. The van der Waals surface area contributed by atoms with Crippen molar-refractivity contribution in [3.8, 4) is 0 Å². The van der Waals surface area contributed by atoms with Crippen LogP contribution in [0.4, 0.5) is 10.1 Å².